The molecule has 1 aromatic carbocycles. The molecule has 4 aromatic rings. The minimum absolute atomic E-state index is 0.960. The van der Waals surface area contributed by atoms with Crippen LogP contribution in [-0.4, -0.2) is 15.0 Å². The smallest absolute Gasteiger partial charge is 0.0693 e. The molecular formula is C32H31N3. The first kappa shape index (κ1) is 21.7. The van der Waals surface area contributed by atoms with E-state index in [1.807, 2.05) is 0 Å². The van der Waals surface area contributed by atoms with Crippen molar-refractivity contribution < 1.29 is 0 Å². The molecule has 2 aliphatic rings. The van der Waals surface area contributed by atoms with Crippen LogP contribution in [0, 0.1) is 13.8 Å². The van der Waals surface area contributed by atoms with Crippen molar-refractivity contribution in [1.29, 1.82) is 0 Å². The normalized spacial score (nSPS) is 12.8. The van der Waals surface area contributed by atoms with Crippen LogP contribution in [0.1, 0.15) is 55.3 Å². The van der Waals surface area contributed by atoms with Gasteiger partial charge >= 0.3 is 0 Å². The third-order valence-corrected chi connectivity index (χ3v) is 7.65. The topological polar surface area (TPSA) is 44.5 Å². The Kier molecular flexibility index (Phi) is 5.03. The first-order valence-electron chi connectivity index (χ1n) is 12.6. The minimum Gasteiger partial charge on any atom is -0.355 e. The second-order valence-corrected chi connectivity index (χ2v) is 9.75. The van der Waals surface area contributed by atoms with E-state index >= 15 is 0 Å². The van der Waals surface area contributed by atoms with Gasteiger partial charge in [-0.3, -0.25) is 0 Å². The average Bonchev–Trinajstić information content (AvgIpc) is 3.54. The highest BCUT2D eigenvalue weighted by molar-refractivity contribution is 5.95. The van der Waals surface area contributed by atoms with Crippen LogP contribution < -0.4 is 0 Å². The molecule has 0 saturated carbocycles. The Balaban J connectivity index is 1.79. The summed E-state index contributed by atoms with van der Waals surface area (Å²) >= 11 is 0. The molecule has 0 atom stereocenters. The SMILES string of the molecule is CCC1=C(C)c2cc3cc(cc4[nH]c(cc5cc(C)c(cc1n2)[nH]5)c(CC)c4C)-c1ccccc1-3. The van der Waals surface area contributed by atoms with E-state index in [0.717, 1.165) is 35.3 Å². The number of aryl methyl sites for hydroxylation is 3. The van der Waals surface area contributed by atoms with Crippen molar-refractivity contribution >= 4 is 33.2 Å². The summed E-state index contributed by atoms with van der Waals surface area (Å²) in [6, 6.07) is 22.3. The summed E-state index contributed by atoms with van der Waals surface area (Å²) in [6.07, 6.45) is 1.95. The Morgan fingerprint density at radius 2 is 1.43 bits per heavy atom. The number of rotatable bonds is 2. The van der Waals surface area contributed by atoms with Crippen LogP contribution >= 0.6 is 0 Å². The molecule has 3 nitrogen and oxygen atoms in total. The van der Waals surface area contributed by atoms with Gasteiger partial charge in [-0.05, 0) is 120 Å². The van der Waals surface area contributed by atoms with Gasteiger partial charge in [0.05, 0.1) is 11.4 Å². The number of allylic oxidation sites excluding steroid dienone is 2. The number of nitrogens with one attached hydrogen (secondary N) is 2. The second-order valence-electron chi connectivity index (χ2n) is 9.75. The summed E-state index contributed by atoms with van der Waals surface area (Å²) in [5, 5.41) is 0. The molecule has 0 spiro atoms. The number of fused-ring (bicyclic) bond motifs is 11. The van der Waals surface area contributed by atoms with Gasteiger partial charge in [-0.25, -0.2) is 4.98 Å². The fourth-order valence-corrected chi connectivity index (χ4v) is 5.71. The Morgan fingerprint density at radius 1 is 0.686 bits per heavy atom. The molecular weight excluding hydrogens is 426 g/mol. The lowest BCUT2D eigenvalue weighted by molar-refractivity contribution is 1.14. The number of benzene rings is 1. The van der Waals surface area contributed by atoms with Gasteiger partial charge in [0, 0.05) is 22.1 Å². The van der Waals surface area contributed by atoms with Gasteiger partial charge in [0.15, 0.2) is 0 Å². The lowest BCUT2D eigenvalue weighted by Gasteiger charge is -2.01. The summed E-state index contributed by atoms with van der Waals surface area (Å²) < 4.78 is 0. The highest BCUT2D eigenvalue weighted by atomic mass is 14.8. The van der Waals surface area contributed by atoms with Crippen LogP contribution in [0.2, 0.25) is 0 Å². The maximum atomic E-state index is 5.12. The molecule has 1 aliphatic carbocycles. The van der Waals surface area contributed by atoms with Crippen LogP contribution in [-0.2, 0) is 6.42 Å². The van der Waals surface area contributed by atoms with E-state index in [9.17, 15) is 0 Å². The van der Waals surface area contributed by atoms with Crippen molar-refractivity contribution in [2.24, 2.45) is 0 Å². The van der Waals surface area contributed by atoms with E-state index in [1.54, 1.807) is 0 Å². The molecule has 2 N–H and O–H groups in total. The number of nitrogens with zero attached hydrogens (tertiary/aromatic N) is 1. The van der Waals surface area contributed by atoms with Crippen LogP contribution in [0.4, 0.5) is 0 Å². The van der Waals surface area contributed by atoms with Gasteiger partial charge < -0.3 is 9.97 Å². The largest absolute Gasteiger partial charge is 0.355 e. The van der Waals surface area contributed by atoms with Gasteiger partial charge in [-0.15, -0.1) is 0 Å². The maximum Gasteiger partial charge on any atom is 0.0693 e. The molecule has 0 saturated heterocycles. The molecule has 3 aromatic heterocycles. The van der Waals surface area contributed by atoms with E-state index in [2.05, 4.69) is 105 Å². The van der Waals surface area contributed by atoms with E-state index in [-0.39, 0.29) is 0 Å². The van der Waals surface area contributed by atoms with Crippen molar-refractivity contribution in [2.75, 3.05) is 0 Å². The summed E-state index contributed by atoms with van der Waals surface area (Å²) in [6.45, 7) is 11.1. The van der Waals surface area contributed by atoms with Gasteiger partial charge in [0.2, 0.25) is 0 Å². The van der Waals surface area contributed by atoms with Crippen LogP contribution in [0.3, 0.4) is 0 Å². The van der Waals surface area contributed by atoms with E-state index in [0.29, 0.717) is 0 Å². The maximum absolute atomic E-state index is 5.12. The molecule has 0 unspecified atom stereocenters. The number of hydrogen-bond acceptors (Lipinski definition) is 1. The lowest BCUT2D eigenvalue weighted by Crippen LogP contribution is -1.80. The summed E-state index contributed by atoms with van der Waals surface area (Å²) in [5.41, 5.74) is 18.2. The summed E-state index contributed by atoms with van der Waals surface area (Å²) in [4.78, 5) is 12.5. The van der Waals surface area contributed by atoms with E-state index in [1.165, 1.54) is 61.1 Å². The van der Waals surface area contributed by atoms with Crippen LogP contribution in [0.25, 0.3) is 55.5 Å². The molecule has 1 aliphatic heterocycles. The molecule has 3 heteroatoms. The minimum atomic E-state index is 0.960. The number of hydrogen-bond donors (Lipinski definition) is 2. The molecule has 0 amide bonds. The van der Waals surface area contributed by atoms with Crippen molar-refractivity contribution in [3.63, 3.8) is 0 Å². The molecule has 4 heterocycles. The van der Waals surface area contributed by atoms with Crippen molar-refractivity contribution in [1.82, 2.24) is 15.0 Å². The predicted molar refractivity (Wildman–Crippen MR) is 149 cm³/mol. The molecule has 8 bridgehead atoms. The van der Waals surface area contributed by atoms with E-state index in [4.69, 9.17) is 4.98 Å². The Bertz CT molecular complexity index is 1690. The predicted octanol–water partition coefficient (Wildman–Crippen LogP) is 8.77. The Labute approximate surface area is 206 Å². The highest BCUT2D eigenvalue weighted by Gasteiger charge is 2.19. The number of aromatic amines is 2. The zero-order chi connectivity index (χ0) is 24.3. The third-order valence-electron chi connectivity index (χ3n) is 7.65. The van der Waals surface area contributed by atoms with Gasteiger partial charge in [0.1, 0.15) is 0 Å². The average molecular weight is 458 g/mol. The number of H-pyrrole nitrogens is 2. The molecule has 174 valence electrons. The summed E-state index contributed by atoms with van der Waals surface area (Å²) in [7, 11) is 0. The Hall–Kier alpha value is -3.85. The van der Waals surface area contributed by atoms with Crippen LogP contribution in [0.5, 0.6) is 0 Å². The first-order chi connectivity index (χ1) is 17.0. The molecule has 0 radical (unpaired) electrons. The van der Waals surface area contributed by atoms with Gasteiger partial charge in [0.25, 0.3) is 0 Å². The van der Waals surface area contributed by atoms with Gasteiger partial charge in [-0.2, -0.15) is 0 Å². The fourth-order valence-electron chi connectivity index (χ4n) is 5.71. The Morgan fingerprint density at radius 3 is 2.14 bits per heavy atom. The number of aromatic nitrogens is 3. The second kappa shape index (κ2) is 8.13. The van der Waals surface area contributed by atoms with Crippen molar-refractivity contribution in [3.8, 4) is 22.3 Å². The standard InChI is InChI=1S/C32H31N3/c1-6-24-19(4)29-14-21-13-22(27-11-9-8-10-26(21)27)15-30-20(5)25(7-2)32(35-30)17-28-18(3)12-23(33-28)16-31(24)34-29/h8-17,33-34H,6-7H2,1-5H3. The summed E-state index contributed by atoms with van der Waals surface area (Å²) in [5.74, 6) is 0. The fraction of sp³-hybridized carbons (Fsp3) is 0.219. The zero-order valence-corrected chi connectivity index (χ0v) is 21.1. The van der Waals surface area contributed by atoms with E-state index < -0.39 is 0 Å². The van der Waals surface area contributed by atoms with Gasteiger partial charge in [-0.1, -0.05) is 38.1 Å². The molecule has 6 rings (SSSR count). The quantitative estimate of drug-likeness (QED) is 0.273. The monoisotopic (exact) mass is 457 g/mol. The van der Waals surface area contributed by atoms with Crippen molar-refractivity contribution in [2.45, 2.75) is 47.5 Å². The van der Waals surface area contributed by atoms with Crippen molar-refractivity contribution in [3.05, 3.63) is 88.7 Å². The highest BCUT2D eigenvalue weighted by Crippen LogP contribution is 2.41. The third kappa shape index (κ3) is 3.46. The molecule has 35 heavy (non-hydrogen) atoms. The first-order valence-corrected chi connectivity index (χ1v) is 12.6. The van der Waals surface area contributed by atoms with Crippen LogP contribution in [0.15, 0.2) is 60.7 Å². The molecule has 0 fully saturated rings. The lowest BCUT2D eigenvalue weighted by atomic mass is 10.0. The zero-order valence-electron chi connectivity index (χ0n) is 21.1.